The molecule has 0 radical (unpaired) electrons. The summed E-state index contributed by atoms with van der Waals surface area (Å²) in [5.74, 6) is -0.298. The van der Waals surface area contributed by atoms with Crippen LogP contribution in [0.1, 0.15) is 32.0 Å². The molecule has 0 atom stereocenters. The molecule has 2 aromatic carbocycles. The van der Waals surface area contributed by atoms with Gasteiger partial charge in [0.25, 0.3) is 11.8 Å². The van der Waals surface area contributed by atoms with Gasteiger partial charge in [-0.15, -0.1) is 0 Å². The second kappa shape index (κ2) is 7.31. The lowest BCUT2D eigenvalue weighted by atomic mass is 10.0. The molecule has 3 heterocycles. The van der Waals surface area contributed by atoms with Gasteiger partial charge in [-0.2, -0.15) is 0 Å². The number of aromatic nitrogens is 2. The van der Waals surface area contributed by atoms with Crippen LogP contribution in [-0.4, -0.2) is 21.8 Å². The second-order valence-electron chi connectivity index (χ2n) is 7.12. The Hall–Kier alpha value is -3.64. The number of amides is 2. The number of halogens is 1. The summed E-state index contributed by atoms with van der Waals surface area (Å²) in [6, 6.07) is 16.6. The first kappa shape index (κ1) is 18.4. The molecular formula is C23H17ClN4O2. The molecule has 0 bridgehead atoms. The summed E-state index contributed by atoms with van der Waals surface area (Å²) >= 11 is 6.25. The van der Waals surface area contributed by atoms with Crippen molar-refractivity contribution in [1.29, 1.82) is 0 Å². The van der Waals surface area contributed by atoms with Crippen molar-refractivity contribution in [3.63, 3.8) is 0 Å². The van der Waals surface area contributed by atoms with Gasteiger partial charge in [-0.05, 0) is 42.5 Å². The van der Waals surface area contributed by atoms with E-state index in [4.69, 9.17) is 11.6 Å². The lowest BCUT2D eigenvalue weighted by Gasteiger charge is -2.06. The van der Waals surface area contributed by atoms with E-state index in [2.05, 4.69) is 20.6 Å². The monoisotopic (exact) mass is 416 g/mol. The maximum Gasteiger partial charge on any atom is 0.252 e. The fraction of sp³-hybridized carbons (Fsp3) is 0.0870. The highest BCUT2D eigenvalue weighted by molar-refractivity contribution is 6.32. The maximum atomic E-state index is 12.6. The van der Waals surface area contributed by atoms with Crippen LogP contribution in [0.15, 0.2) is 60.8 Å². The quantitative estimate of drug-likeness (QED) is 0.469. The third-order valence-electron chi connectivity index (χ3n) is 5.24. The highest BCUT2D eigenvalue weighted by atomic mass is 35.5. The average Bonchev–Trinajstić information content (AvgIpc) is 3.37. The number of nitrogens with zero attached hydrogens (tertiary/aromatic N) is 1. The number of rotatable bonds is 4. The highest BCUT2D eigenvalue weighted by Crippen LogP contribution is 2.34. The maximum absolute atomic E-state index is 12.6. The molecule has 7 heteroatoms. The summed E-state index contributed by atoms with van der Waals surface area (Å²) in [6.07, 6.45) is 1.70. The zero-order valence-corrected chi connectivity index (χ0v) is 16.6. The minimum atomic E-state index is -0.169. The predicted molar refractivity (Wildman–Crippen MR) is 115 cm³/mol. The van der Waals surface area contributed by atoms with Crippen LogP contribution in [0, 0.1) is 0 Å². The Morgan fingerprint density at radius 3 is 2.87 bits per heavy atom. The van der Waals surface area contributed by atoms with E-state index in [1.165, 1.54) is 0 Å². The zero-order chi connectivity index (χ0) is 20.7. The molecule has 3 N–H and O–H groups in total. The van der Waals surface area contributed by atoms with Crippen LogP contribution in [0.5, 0.6) is 0 Å². The van der Waals surface area contributed by atoms with Gasteiger partial charge in [-0.3, -0.25) is 14.6 Å². The van der Waals surface area contributed by atoms with Gasteiger partial charge in [0.2, 0.25) is 0 Å². The molecule has 0 fully saturated rings. The van der Waals surface area contributed by atoms with Gasteiger partial charge in [0.05, 0.1) is 17.8 Å². The highest BCUT2D eigenvalue weighted by Gasteiger charge is 2.26. The number of nitrogens with one attached hydrogen (secondary N) is 3. The minimum Gasteiger partial charge on any atom is -0.355 e. The van der Waals surface area contributed by atoms with Gasteiger partial charge in [-0.1, -0.05) is 23.7 Å². The Bertz CT molecular complexity index is 1300. The number of carbonyl (C=O) groups is 2. The van der Waals surface area contributed by atoms with Gasteiger partial charge in [0, 0.05) is 51.1 Å². The number of fused-ring (bicyclic) bond motifs is 2. The smallest absolute Gasteiger partial charge is 0.252 e. The third kappa shape index (κ3) is 3.21. The largest absolute Gasteiger partial charge is 0.355 e. The van der Waals surface area contributed by atoms with Gasteiger partial charge in [-0.25, -0.2) is 0 Å². The predicted octanol–water partition coefficient (Wildman–Crippen LogP) is 4.06. The molecule has 1 aliphatic heterocycles. The standard InChI is InChI=1S/C23H17ClN4O2/c24-18-6-5-16(21-17(18)12-27-23(21)30)20-10-14-9-13(4-7-19(14)28-20)22(29)26-11-15-3-1-2-8-25-15/h1-10,28H,11-12H2,(H,26,29)(H,27,30). The zero-order valence-electron chi connectivity index (χ0n) is 15.8. The third-order valence-corrected chi connectivity index (χ3v) is 5.59. The number of hydrogen-bond acceptors (Lipinski definition) is 3. The second-order valence-corrected chi connectivity index (χ2v) is 7.53. The van der Waals surface area contributed by atoms with Crippen molar-refractivity contribution < 1.29 is 9.59 Å². The van der Waals surface area contributed by atoms with Crippen molar-refractivity contribution >= 4 is 34.3 Å². The average molecular weight is 417 g/mol. The van der Waals surface area contributed by atoms with Gasteiger partial charge < -0.3 is 15.6 Å². The number of pyridine rings is 1. The fourth-order valence-corrected chi connectivity index (χ4v) is 3.95. The van der Waals surface area contributed by atoms with E-state index in [0.717, 1.165) is 33.4 Å². The Labute approximate surface area is 177 Å². The fourth-order valence-electron chi connectivity index (χ4n) is 3.73. The molecule has 2 aromatic heterocycles. The molecule has 2 amide bonds. The molecule has 0 unspecified atom stereocenters. The summed E-state index contributed by atoms with van der Waals surface area (Å²) in [7, 11) is 0. The minimum absolute atomic E-state index is 0.129. The van der Waals surface area contributed by atoms with E-state index in [9.17, 15) is 9.59 Å². The molecule has 1 aliphatic rings. The Morgan fingerprint density at radius 2 is 2.03 bits per heavy atom. The molecule has 30 heavy (non-hydrogen) atoms. The van der Waals surface area contributed by atoms with E-state index in [-0.39, 0.29) is 11.8 Å². The van der Waals surface area contributed by atoms with Crippen molar-refractivity contribution in [1.82, 2.24) is 20.6 Å². The summed E-state index contributed by atoms with van der Waals surface area (Å²) in [4.78, 5) is 32.4. The molecule has 6 nitrogen and oxygen atoms in total. The Kier molecular flexibility index (Phi) is 4.48. The first-order chi connectivity index (χ1) is 14.6. The van der Waals surface area contributed by atoms with Crippen molar-refractivity contribution in [2.24, 2.45) is 0 Å². The molecule has 5 rings (SSSR count). The molecule has 148 valence electrons. The van der Waals surface area contributed by atoms with Gasteiger partial charge >= 0.3 is 0 Å². The summed E-state index contributed by atoms with van der Waals surface area (Å²) in [5.41, 5.74) is 5.25. The summed E-state index contributed by atoms with van der Waals surface area (Å²) in [6.45, 7) is 0.795. The molecule has 0 saturated carbocycles. The summed E-state index contributed by atoms with van der Waals surface area (Å²) in [5, 5.41) is 7.18. The first-order valence-corrected chi connectivity index (χ1v) is 9.89. The van der Waals surface area contributed by atoms with Crippen molar-refractivity contribution in [3.8, 4) is 11.3 Å². The van der Waals surface area contributed by atoms with Crippen molar-refractivity contribution in [2.45, 2.75) is 13.1 Å². The molecular weight excluding hydrogens is 400 g/mol. The summed E-state index contributed by atoms with van der Waals surface area (Å²) < 4.78 is 0. The molecule has 0 spiro atoms. The van der Waals surface area contributed by atoms with Crippen molar-refractivity contribution in [3.05, 3.63) is 88.2 Å². The van der Waals surface area contributed by atoms with E-state index < -0.39 is 0 Å². The van der Waals surface area contributed by atoms with Crippen LogP contribution in [0.4, 0.5) is 0 Å². The molecule has 0 aliphatic carbocycles. The first-order valence-electron chi connectivity index (χ1n) is 9.51. The molecule has 0 saturated heterocycles. The van der Waals surface area contributed by atoms with Gasteiger partial charge in [0.15, 0.2) is 0 Å². The van der Waals surface area contributed by atoms with Crippen LogP contribution in [-0.2, 0) is 13.1 Å². The van der Waals surface area contributed by atoms with E-state index >= 15 is 0 Å². The normalized spacial score (nSPS) is 12.6. The van der Waals surface area contributed by atoms with Crippen LogP contribution >= 0.6 is 11.6 Å². The topological polar surface area (TPSA) is 86.9 Å². The van der Waals surface area contributed by atoms with Crippen LogP contribution in [0.25, 0.3) is 22.2 Å². The number of benzene rings is 2. The number of aromatic amines is 1. The van der Waals surface area contributed by atoms with Crippen LogP contribution in [0.2, 0.25) is 5.02 Å². The lowest BCUT2D eigenvalue weighted by molar-refractivity contribution is 0.0947. The van der Waals surface area contributed by atoms with Crippen molar-refractivity contribution in [2.75, 3.05) is 0 Å². The van der Waals surface area contributed by atoms with E-state index in [0.29, 0.717) is 29.2 Å². The number of H-pyrrole nitrogens is 1. The van der Waals surface area contributed by atoms with E-state index in [1.54, 1.807) is 18.3 Å². The van der Waals surface area contributed by atoms with Gasteiger partial charge in [0.1, 0.15) is 0 Å². The SMILES string of the molecule is O=C(NCc1ccccn1)c1ccc2[nH]c(-c3ccc(Cl)c4c3C(=O)NC4)cc2c1. The number of carbonyl (C=O) groups excluding carboxylic acids is 2. The number of hydrogen-bond donors (Lipinski definition) is 3. The Morgan fingerprint density at radius 1 is 1.13 bits per heavy atom. The lowest BCUT2D eigenvalue weighted by Crippen LogP contribution is -2.23. The van der Waals surface area contributed by atoms with Crippen LogP contribution in [0.3, 0.4) is 0 Å². The molecule has 4 aromatic rings. The van der Waals surface area contributed by atoms with E-state index in [1.807, 2.05) is 42.5 Å². The van der Waals surface area contributed by atoms with Crippen LogP contribution < -0.4 is 10.6 Å². The Balaban J connectivity index is 1.45.